The van der Waals surface area contributed by atoms with Gasteiger partial charge in [0.25, 0.3) is 0 Å². The van der Waals surface area contributed by atoms with E-state index in [-0.39, 0.29) is 35.8 Å². The minimum atomic E-state index is -1.52. The standard InChI is InChI=1S/C44H36BrF2N3O2S.C44H37F2N3O2S/c1-52-41-34-25-43(35-22-23-37(46)38(39(35)47)40(51)28-14-6-2-7-15-28)32(24-33(34)36(45)26-48-41)27-53-42(49-43)50-44(29-16-8-3-9-17-29,30-18-10-4-11-19-30)31-20-12-5-13-21-31;1-51-41-35-27-43(36-22-23-37(45)38(39(36)46)40(50)29-14-6-2-7-15-29)34(26-30(35)24-25-47-41)28-52-42(48-43)49-44(31-16-8-3-9-17-31,32-18-10-4-11-19-32)33-20-12-5-13-21-33/h2-23,26,32,40,51H,24-25,27H2,1H3,(H,49,50);2-25,34,40,50H,26-28H2,1H3,(H,48,49)/t32-,40?,43-;34-,40?,43-/m00/s1. The number of halogens is 5. The van der Waals surface area contributed by atoms with Crippen LogP contribution in [0.15, 0.2) is 300 Å². The molecule has 2 aliphatic heterocycles. The summed E-state index contributed by atoms with van der Waals surface area (Å²) < 4.78 is 78.5. The maximum atomic E-state index is 17.4. The van der Waals surface area contributed by atoms with Gasteiger partial charge in [-0.1, -0.05) is 278 Å². The van der Waals surface area contributed by atoms with E-state index in [4.69, 9.17) is 19.5 Å². The van der Waals surface area contributed by atoms with E-state index in [1.54, 1.807) is 111 Å². The van der Waals surface area contributed by atoms with Crippen LogP contribution in [-0.2, 0) is 47.8 Å². The van der Waals surface area contributed by atoms with Gasteiger partial charge in [0.15, 0.2) is 10.3 Å². The first-order valence-electron chi connectivity index (χ1n) is 34.8. The Labute approximate surface area is 625 Å². The third kappa shape index (κ3) is 13.0. The van der Waals surface area contributed by atoms with E-state index in [1.165, 1.54) is 24.3 Å². The van der Waals surface area contributed by atoms with Gasteiger partial charge in [0.2, 0.25) is 11.8 Å². The van der Waals surface area contributed by atoms with Crippen molar-refractivity contribution in [3.63, 3.8) is 0 Å². The highest BCUT2D eigenvalue weighted by molar-refractivity contribution is 9.10. The maximum absolute atomic E-state index is 17.4. The summed E-state index contributed by atoms with van der Waals surface area (Å²) >= 11 is 6.91. The molecule has 17 heteroatoms. The average Bonchev–Trinajstić information content (AvgIpc) is 0.721. The summed E-state index contributed by atoms with van der Waals surface area (Å²) in [5.74, 6) is -1.53. The summed E-state index contributed by atoms with van der Waals surface area (Å²) in [7, 11) is 3.15. The molecule has 6 atom stereocenters. The van der Waals surface area contributed by atoms with Gasteiger partial charge in [-0.25, -0.2) is 27.5 Å². The van der Waals surface area contributed by atoms with Gasteiger partial charge >= 0.3 is 0 Å². The number of hydrogen-bond acceptors (Lipinski definition) is 12. The summed E-state index contributed by atoms with van der Waals surface area (Å²) in [4.78, 5) is 20.2. The summed E-state index contributed by atoms with van der Waals surface area (Å²) in [6.07, 6.45) is 2.09. The van der Waals surface area contributed by atoms with Gasteiger partial charge in [0.05, 0.1) is 36.4 Å². The number of thioether (sulfide) groups is 2. The van der Waals surface area contributed by atoms with Crippen LogP contribution in [0.4, 0.5) is 17.6 Å². The fraction of sp³-hybridized carbons (Fsp3) is 0.182. The van der Waals surface area contributed by atoms with Crippen LogP contribution in [0, 0.1) is 35.1 Å². The van der Waals surface area contributed by atoms with Crippen molar-refractivity contribution in [1.82, 2.24) is 20.6 Å². The number of fused-ring (bicyclic) bond motifs is 4. The highest BCUT2D eigenvalue weighted by Gasteiger charge is 2.54. The fourth-order valence-corrected chi connectivity index (χ4v) is 18.9. The molecule has 16 rings (SSSR count). The number of ether oxygens (including phenoxy) is 2. The zero-order valence-corrected chi connectivity index (χ0v) is 60.6. The summed E-state index contributed by atoms with van der Waals surface area (Å²) in [5, 5.41) is 31.9. The van der Waals surface area contributed by atoms with Crippen molar-refractivity contribution in [2.75, 3.05) is 25.7 Å². The number of aliphatic imine (C=N–C) groups is 2. The Morgan fingerprint density at radius 2 is 0.781 bits per heavy atom. The lowest BCUT2D eigenvalue weighted by molar-refractivity contribution is 0.204. The van der Waals surface area contributed by atoms with Gasteiger partial charge in [-0.2, -0.15) is 0 Å². The summed E-state index contributed by atoms with van der Waals surface area (Å²) in [6.45, 7) is 0. The van der Waals surface area contributed by atoms with E-state index in [0.29, 0.717) is 57.6 Å². The molecule has 0 fully saturated rings. The number of rotatable bonds is 16. The lowest BCUT2D eigenvalue weighted by atomic mass is 9.67. The molecule has 12 aromatic rings. The Hall–Kier alpha value is -10.1. The number of benzene rings is 10. The average molecular weight is 1500 g/mol. The number of amidine groups is 2. The highest BCUT2D eigenvalue weighted by atomic mass is 79.9. The number of nitrogens with one attached hydrogen (secondary N) is 2. The van der Waals surface area contributed by atoms with Gasteiger partial charge < -0.3 is 30.3 Å². The third-order valence-corrected chi connectivity index (χ3v) is 23.9. The molecular formula is C88H73BrF4N6O4S2. The second kappa shape index (κ2) is 30.1. The molecule has 0 spiro atoms. The molecule has 2 unspecified atom stereocenters. The van der Waals surface area contributed by atoms with Gasteiger partial charge in [-0.05, 0) is 103 Å². The van der Waals surface area contributed by atoms with Crippen molar-refractivity contribution in [2.24, 2.45) is 21.8 Å². The Balaban J connectivity index is 0.000000169. The fourth-order valence-electron chi connectivity index (χ4n) is 16.0. The monoisotopic (exact) mass is 1500 g/mol. The van der Waals surface area contributed by atoms with Crippen LogP contribution in [0.2, 0.25) is 0 Å². The lowest BCUT2D eigenvalue weighted by Gasteiger charge is -2.47. The highest BCUT2D eigenvalue weighted by Crippen LogP contribution is 2.55. The van der Waals surface area contributed by atoms with E-state index in [2.05, 4.69) is 109 Å². The van der Waals surface area contributed by atoms with E-state index >= 15 is 17.6 Å². The van der Waals surface area contributed by atoms with Crippen LogP contribution in [0.1, 0.15) is 101 Å². The predicted molar refractivity (Wildman–Crippen MR) is 413 cm³/mol. The van der Waals surface area contributed by atoms with Crippen molar-refractivity contribution in [3.8, 4) is 11.8 Å². The quantitative estimate of drug-likeness (QED) is 0.0547. The van der Waals surface area contributed by atoms with E-state index in [0.717, 1.165) is 60.1 Å². The van der Waals surface area contributed by atoms with Crippen molar-refractivity contribution in [1.29, 1.82) is 0 Å². The number of nitrogens with zero attached hydrogens (tertiary/aromatic N) is 4. The molecule has 0 saturated heterocycles. The smallest absolute Gasteiger partial charge is 0.216 e. The molecule has 4 aliphatic rings. The molecule has 0 saturated carbocycles. The molecule has 2 aliphatic carbocycles. The van der Waals surface area contributed by atoms with Crippen LogP contribution >= 0.6 is 39.5 Å². The first-order valence-corrected chi connectivity index (χ1v) is 37.5. The van der Waals surface area contributed by atoms with Gasteiger partial charge in [0, 0.05) is 75.3 Å². The van der Waals surface area contributed by atoms with Crippen molar-refractivity contribution in [2.45, 2.75) is 60.0 Å². The van der Waals surface area contributed by atoms with Crippen molar-refractivity contribution >= 4 is 49.8 Å². The number of methoxy groups -OCH3 is 2. The normalized spacial score (nSPS) is 18.7. The number of aliphatic hydroxyl groups is 2. The Morgan fingerprint density at radius 3 is 1.15 bits per heavy atom. The molecule has 10 aromatic carbocycles. The van der Waals surface area contributed by atoms with E-state index in [1.807, 2.05) is 115 Å². The number of aliphatic hydroxyl groups excluding tert-OH is 2. The molecule has 2 aromatic heterocycles. The Bertz CT molecular complexity index is 4950. The molecule has 0 radical (unpaired) electrons. The number of aromatic nitrogens is 2. The first-order chi connectivity index (χ1) is 51.3. The van der Waals surface area contributed by atoms with Crippen molar-refractivity contribution < 1.29 is 37.2 Å². The topological polar surface area (TPSA) is 133 Å². The molecule has 0 amide bonds. The van der Waals surface area contributed by atoms with Crippen LogP contribution in [-0.4, -0.2) is 56.2 Å². The van der Waals surface area contributed by atoms with Crippen LogP contribution in [0.5, 0.6) is 11.8 Å². The zero-order chi connectivity index (χ0) is 72.3. The second-order valence-electron chi connectivity index (χ2n) is 26.7. The Kier molecular flexibility index (Phi) is 20.2. The van der Waals surface area contributed by atoms with Gasteiger partial charge in [-0.15, -0.1) is 0 Å². The summed E-state index contributed by atoms with van der Waals surface area (Å²) in [5.41, 5.74) is 6.06. The molecular weight excluding hydrogens is 1430 g/mol. The van der Waals surface area contributed by atoms with E-state index in [9.17, 15) is 10.2 Å². The first kappa shape index (κ1) is 70.5. The molecule has 105 heavy (non-hydrogen) atoms. The maximum Gasteiger partial charge on any atom is 0.216 e. The molecule has 10 nitrogen and oxygen atoms in total. The van der Waals surface area contributed by atoms with Crippen LogP contribution in [0.25, 0.3) is 0 Å². The van der Waals surface area contributed by atoms with Gasteiger partial charge in [-0.3, -0.25) is 9.98 Å². The number of pyridine rings is 2. The predicted octanol–water partition coefficient (Wildman–Crippen LogP) is 18.3. The molecule has 4 heterocycles. The SMILES string of the molecule is COc1ncc(Br)c2c1C[C@]1(c3ccc(F)c(C(O)c4ccccc4)c3F)N=C(NC(c3ccccc3)(c3ccccc3)c3ccccc3)SC[C@@H]1C2.COc1nccc2c1C[C@]1(c3ccc(F)c(C(O)c4ccccc4)c3F)N=C(NC(c3ccccc3)(c3ccccc3)c3ccccc3)SC[C@@H]1C2. The summed E-state index contributed by atoms with van der Waals surface area (Å²) in [6, 6.07) is 86.1. The second-order valence-corrected chi connectivity index (χ2v) is 29.6. The van der Waals surface area contributed by atoms with E-state index < -0.39 is 68.8 Å². The molecule has 0 bridgehead atoms. The van der Waals surface area contributed by atoms with Gasteiger partial charge in [0.1, 0.15) is 46.6 Å². The lowest BCUT2D eigenvalue weighted by Crippen LogP contribution is -2.52. The number of hydrogen-bond donors (Lipinski definition) is 4. The van der Waals surface area contributed by atoms with Crippen LogP contribution in [0.3, 0.4) is 0 Å². The largest absolute Gasteiger partial charge is 0.481 e. The molecule has 4 N–H and O–H groups in total. The molecule has 526 valence electrons. The van der Waals surface area contributed by atoms with Crippen LogP contribution < -0.4 is 20.1 Å². The third-order valence-electron chi connectivity index (χ3n) is 21.1. The minimum absolute atomic E-state index is 0.163. The van der Waals surface area contributed by atoms with Crippen molar-refractivity contribution in [3.05, 3.63) is 402 Å². The minimum Gasteiger partial charge on any atom is -0.481 e. The Morgan fingerprint density at radius 1 is 0.438 bits per heavy atom. The zero-order valence-electron chi connectivity index (χ0n) is 57.4.